The van der Waals surface area contributed by atoms with Crippen molar-refractivity contribution in [1.29, 1.82) is 0 Å². The van der Waals surface area contributed by atoms with E-state index in [9.17, 15) is 0 Å². The highest BCUT2D eigenvalue weighted by Gasteiger charge is 2.35. The molecule has 0 atom stereocenters. The highest BCUT2D eigenvalue weighted by atomic mass is 15.0. The first kappa shape index (κ1) is 102. The summed E-state index contributed by atoms with van der Waals surface area (Å²) < 4.78 is 7.58. The van der Waals surface area contributed by atoms with Gasteiger partial charge in [-0.1, -0.05) is 414 Å². The van der Waals surface area contributed by atoms with Crippen LogP contribution in [0.15, 0.2) is 273 Å². The highest BCUT2D eigenvalue weighted by molar-refractivity contribution is 6.16. The van der Waals surface area contributed by atoms with Gasteiger partial charge in [-0.05, 0) is 272 Å². The Hall–Kier alpha value is -12.3. The van der Waals surface area contributed by atoms with E-state index >= 15 is 0 Å². The third kappa shape index (κ3) is 17.6. The molecule has 0 saturated heterocycles. The molecule has 3 heteroatoms. The van der Waals surface area contributed by atoms with Crippen LogP contribution in [0, 0.1) is 0 Å². The maximum absolute atomic E-state index is 2.53. The fourth-order valence-electron chi connectivity index (χ4n) is 21.0. The number of hydrogen-bond acceptors (Lipinski definition) is 0. The molecule has 0 N–H and O–H groups in total. The Kier molecular flexibility index (Phi) is 36.8. The first-order chi connectivity index (χ1) is 65.5. The topological polar surface area (TPSA) is 14.8 Å². The molecule has 27 rings (SSSR count). The van der Waals surface area contributed by atoms with Crippen LogP contribution in [0.5, 0.6) is 0 Å². The second kappa shape index (κ2) is 47.7. The summed E-state index contributed by atoms with van der Waals surface area (Å²) in [4.78, 5) is 0. The molecule has 6 heterocycles. The lowest BCUT2D eigenvalue weighted by Crippen LogP contribution is -2.07. The average molecular weight is 1750 g/mol. The molecule has 9 aliphatic rings. The van der Waals surface area contributed by atoms with Crippen molar-refractivity contribution in [3.63, 3.8) is 0 Å². The zero-order valence-electron chi connectivity index (χ0n) is 86.2. The number of hydrogen-bond donors (Lipinski definition) is 0. The minimum atomic E-state index is 1.01. The van der Waals surface area contributed by atoms with Crippen molar-refractivity contribution in [3.8, 4) is 83.8 Å². The van der Waals surface area contributed by atoms with E-state index < -0.39 is 0 Å². The van der Waals surface area contributed by atoms with E-state index in [4.69, 9.17) is 0 Å². The number of para-hydroxylation sites is 6. The smallest absolute Gasteiger partial charge is 0.0576 e. The van der Waals surface area contributed by atoms with E-state index in [0.29, 0.717) is 0 Å². The van der Waals surface area contributed by atoms with E-state index in [1.165, 1.54) is 238 Å². The number of aromatic nitrogens is 3. The minimum Gasteiger partial charge on any atom is -0.309 e. The van der Waals surface area contributed by atoms with Gasteiger partial charge in [-0.3, -0.25) is 0 Å². The number of rotatable bonds is 0. The molecular weight excluding hydrogens is 1590 g/mol. The van der Waals surface area contributed by atoms with Crippen LogP contribution in [0.2, 0.25) is 0 Å². The van der Waals surface area contributed by atoms with Gasteiger partial charge in [0.25, 0.3) is 0 Å². The van der Waals surface area contributed by atoms with Crippen LogP contribution in [0.1, 0.15) is 308 Å². The molecule has 3 aliphatic heterocycles. The number of benzene rings is 15. The zero-order chi connectivity index (χ0) is 95.9. The second-order valence-electron chi connectivity index (χ2n) is 30.4. The van der Waals surface area contributed by atoms with Crippen molar-refractivity contribution in [2.45, 2.75) is 265 Å². The molecule has 0 saturated carbocycles. The minimum absolute atomic E-state index is 1.01. The first-order valence-electron chi connectivity index (χ1n) is 51.8. The lowest BCUT2D eigenvalue weighted by Gasteiger charge is -2.20. The lowest BCUT2D eigenvalue weighted by atomic mass is 9.95. The predicted molar refractivity (Wildman–Crippen MR) is 590 cm³/mol. The second-order valence-corrected chi connectivity index (χ2v) is 30.4. The van der Waals surface area contributed by atoms with Crippen LogP contribution in [0.4, 0.5) is 0 Å². The summed E-state index contributed by atoms with van der Waals surface area (Å²) in [5.74, 6) is 0. The van der Waals surface area contributed by atoms with Crippen molar-refractivity contribution in [1.82, 2.24) is 13.7 Å². The molecule has 15 aromatic carbocycles. The summed E-state index contributed by atoms with van der Waals surface area (Å²) in [5, 5.41) is 8.32. The summed E-state index contributed by atoms with van der Waals surface area (Å²) in [7, 11) is 0. The predicted octanol–water partition coefficient (Wildman–Crippen LogP) is 38.9. The zero-order valence-corrected chi connectivity index (χ0v) is 86.2. The molecule has 3 aromatic heterocycles. The van der Waals surface area contributed by atoms with Gasteiger partial charge in [0.15, 0.2) is 0 Å². The first-order valence-corrected chi connectivity index (χ1v) is 51.8. The number of nitrogens with zero attached hydrogens (tertiary/aromatic N) is 3. The van der Waals surface area contributed by atoms with Crippen LogP contribution in [0.3, 0.4) is 0 Å². The Morgan fingerprint density at radius 2 is 0.379 bits per heavy atom. The van der Waals surface area contributed by atoms with Gasteiger partial charge in [-0.15, -0.1) is 0 Å². The Morgan fingerprint density at radius 3 is 0.773 bits per heavy atom. The van der Waals surface area contributed by atoms with Gasteiger partial charge in [0, 0.05) is 68.6 Å². The molecule has 0 fully saturated rings. The molecule has 132 heavy (non-hydrogen) atoms. The van der Waals surface area contributed by atoms with E-state index in [1.54, 1.807) is 11.1 Å². The average Bonchev–Trinajstić information content (AvgIpc) is 1.55. The maximum atomic E-state index is 2.53. The highest BCUT2D eigenvalue weighted by Crippen LogP contribution is 2.54. The van der Waals surface area contributed by atoms with Gasteiger partial charge < -0.3 is 13.7 Å². The van der Waals surface area contributed by atoms with E-state index in [0.717, 1.165) is 57.8 Å². The molecule has 18 aromatic rings. The fraction of sp³-hybridized carbons (Fsp3) is 0.302. The van der Waals surface area contributed by atoms with E-state index in [-0.39, 0.29) is 0 Å². The molecule has 0 amide bonds. The molecule has 0 unspecified atom stereocenters. The Morgan fingerprint density at radius 1 is 0.144 bits per heavy atom. The van der Waals surface area contributed by atoms with Gasteiger partial charge >= 0.3 is 0 Å². The van der Waals surface area contributed by atoms with Crippen molar-refractivity contribution in [2.75, 3.05) is 0 Å². The van der Waals surface area contributed by atoms with Crippen molar-refractivity contribution in [3.05, 3.63) is 373 Å². The summed E-state index contributed by atoms with van der Waals surface area (Å²) in [6.45, 7) is 60.0. The molecule has 6 aliphatic carbocycles. The quantitative estimate of drug-likeness (QED) is 0.144. The van der Waals surface area contributed by atoms with Crippen molar-refractivity contribution in [2.24, 2.45) is 0 Å². The third-order valence-corrected chi connectivity index (χ3v) is 25.3. The van der Waals surface area contributed by atoms with Gasteiger partial charge in [-0.2, -0.15) is 0 Å². The van der Waals surface area contributed by atoms with Crippen LogP contribution in [0.25, 0.3) is 149 Å². The molecular formula is C129H153N3. The largest absolute Gasteiger partial charge is 0.309 e. The summed E-state index contributed by atoms with van der Waals surface area (Å²) >= 11 is 0. The number of fused-ring (bicyclic) bond motifs is 35. The Balaban J connectivity index is 0.000000180. The SMILES string of the molecule is CC.CC.CC.CC.CC.CC.CC.CC.CC.CC.CC.CC.CC.CC.CC.c1ccc2c(c1)Cc1c-2ccc2c1Cc1cc3c4cccc5c4n(c3cc1-2)-c1ccccc1C5.c1ccc2c(c1)Cc1cc3c(cc1-2)Cc1cc2c4cccc5c4n(c2cc1-3)-c1ccccc1C5.c1ccc2c(c1)Cc1ccc3c(c1-2)Cc1cc2c4cccc5c4n(c2cc1-3)-c1ccccc1C5. The van der Waals surface area contributed by atoms with Crippen molar-refractivity contribution < 1.29 is 0 Å². The molecule has 0 bridgehead atoms. The van der Waals surface area contributed by atoms with Crippen molar-refractivity contribution >= 4 is 65.4 Å². The van der Waals surface area contributed by atoms with Gasteiger partial charge in [0.05, 0.1) is 33.1 Å². The van der Waals surface area contributed by atoms with Crippen LogP contribution < -0.4 is 0 Å². The van der Waals surface area contributed by atoms with E-state index in [2.05, 4.69) is 287 Å². The molecule has 0 spiro atoms. The van der Waals surface area contributed by atoms with Gasteiger partial charge in [0.1, 0.15) is 0 Å². The van der Waals surface area contributed by atoms with Gasteiger partial charge in [0.2, 0.25) is 0 Å². The van der Waals surface area contributed by atoms with Crippen LogP contribution in [-0.4, -0.2) is 13.7 Å². The monoisotopic (exact) mass is 1740 g/mol. The molecule has 684 valence electrons. The van der Waals surface area contributed by atoms with Gasteiger partial charge in [-0.25, -0.2) is 0 Å². The summed E-state index contributed by atoms with van der Waals surface area (Å²) in [5.41, 5.74) is 55.8. The normalized spacial score (nSPS) is 11.6. The lowest BCUT2D eigenvalue weighted by molar-refractivity contribution is 1.04. The summed E-state index contributed by atoms with van der Waals surface area (Å²) in [6, 6.07) is 103. The standard InChI is InChI=1S/3C33H21N.15C2H6/c1-3-9-25-19(6-1)12-22-16-28-23(15-27(22)25)14-24-17-30-26-10-5-8-21-13-20-7-2-4-11-31(20)34(33(21)26)32(30)18-29(24)28;1-3-9-23-19(6-1)15-28-24(23)12-13-25-27-18-32-30(17-22(27)16-29(25)28)26-10-5-8-21-14-20-7-2-4-11-31(20)34(32)33(21)26;1-3-9-24-19(6-1)14-21-12-13-25-27-18-31-28(16-23(27)17-29(25)32(21)24)26-10-5-8-22-15-20-7-2-4-11-30(20)34(31)33(22)26;15*1-2/h1-11,15-18H,12-14H2;1-13,17-18H,14-16H2;1-13,16,18H,14-15,17H2;15*1-2H3. The molecule has 3 nitrogen and oxygen atoms in total. The van der Waals surface area contributed by atoms with Crippen LogP contribution in [-0.2, 0) is 57.8 Å². The summed E-state index contributed by atoms with van der Waals surface area (Å²) in [6.07, 6.45) is 9.31. The van der Waals surface area contributed by atoms with Crippen LogP contribution >= 0.6 is 0 Å². The molecule has 0 radical (unpaired) electrons. The maximum Gasteiger partial charge on any atom is 0.0576 e. The Bertz CT molecular complexity index is 6870. The fourth-order valence-corrected chi connectivity index (χ4v) is 21.0. The van der Waals surface area contributed by atoms with E-state index in [1.807, 2.05) is 208 Å². The third-order valence-electron chi connectivity index (χ3n) is 25.3. The Labute approximate surface area is 796 Å².